The predicted molar refractivity (Wildman–Crippen MR) is 72.0 cm³/mol. The average molecular weight is 300 g/mol. The van der Waals surface area contributed by atoms with E-state index in [-0.39, 0.29) is 0 Å². The van der Waals surface area contributed by atoms with Crippen molar-refractivity contribution in [1.82, 2.24) is 5.01 Å². The summed E-state index contributed by atoms with van der Waals surface area (Å²) in [6.45, 7) is 5.76. The van der Waals surface area contributed by atoms with Crippen molar-refractivity contribution in [2.75, 3.05) is 13.1 Å². The van der Waals surface area contributed by atoms with Gasteiger partial charge in [0.15, 0.2) is 5.69 Å². The predicted octanol–water partition coefficient (Wildman–Crippen LogP) is 4.08. The Kier molecular flexibility index (Phi) is 5.97. The van der Waals surface area contributed by atoms with Gasteiger partial charge in [0, 0.05) is 10.5 Å². The summed E-state index contributed by atoms with van der Waals surface area (Å²) >= 11 is 3.34. The molecule has 0 saturated heterocycles. The van der Waals surface area contributed by atoms with Crippen LogP contribution in [0.25, 0.3) is 0 Å². The zero-order valence-corrected chi connectivity index (χ0v) is 11.9. The molecule has 1 rings (SSSR count). The van der Waals surface area contributed by atoms with Gasteiger partial charge in [-0.05, 0) is 25.0 Å². The summed E-state index contributed by atoms with van der Waals surface area (Å²) in [5.41, 5.74) is 0.539. The third-order valence-corrected chi connectivity index (χ3v) is 2.69. The van der Waals surface area contributed by atoms with Gasteiger partial charge in [0.05, 0.1) is 5.22 Å². The minimum atomic E-state index is 0.539. The van der Waals surface area contributed by atoms with Crippen molar-refractivity contribution >= 4 is 21.6 Å². The molecule has 5 heteroatoms. The molecule has 0 aliphatic rings. The number of hydrogen-bond donors (Lipinski definition) is 0. The Morgan fingerprint density at radius 3 is 2.47 bits per heavy atom. The first-order valence-corrected chi connectivity index (χ1v) is 6.66. The molecule has 0 N–H and O–H groups in total. The van der Waals surface area contributed by atoms with Crippen LogP contribution in [0, 0.1) is 5.21 Å². The molecule has 0 amide bonds. The molecule has 0 aliphatic heterocycles. The fraction of sp³-hybridized carbons (Fsp3) is 0.500. The van der Waals surface area contributed by atoms with Crippen LogP contribution in [-0.4, -0.2) is 23.0 Å². The largest absolute Gasteiger partial charge is 0.691 e. The summed E-state index contributed by atoms with van der Waals surface area (Å²) in [5.74, 6) is 0. The van der Waals surface area contributed by atoms with Crippen LogP contribution in [0.1, 0.15) is 26.7 Å². The van der Waals surface area contributed by atoms with Crippen molar-refractivity contribution in [1.29, 1.82) is 0 Å². The Morgan fingerprint density at radius 2 is 1.94 bits per heavy atom. The molecule has 0 bridgehead atoms. The Labute approximate surface area is 111 Å². The second-order valence-corrected chi connectivity index (χ2v) is 4.71. The smallest absolute Gasteiger partial charge is 0.155 e. The van der Waals surface area contributed by atoms with Crippen molar-refractivity contribution in [2.45, 2.75) is 26.7 Å². The third-order valence-electron chi connectivity index (χ3n) is 2.20. The standard InChI is InChI=1S/C12H18BrN3O/c1-3-8-15(9-4-2)14-16(17)12-7-5-6-11(13)10-12/h5-7,10H,3-4,8-9H2,1-2H3. The SMILES string of the molecule is CCCN(CCC)N=[N+]([O-])c1cccc(Br)c1. The first kappa shape index (κ1) is 14.0. The van der Waals surface area contributed by atoms with Crippen molar-refractivity contribution < 1.29 is 4.86 Å². The highest BCUT2D eigenvalue weighted by molar-refractivity contribution is 9.10. The molecule has 1 aromatic carbocycles. The molecule has 0 atom stereocenters. The summed E-state index contributed by atoms with van der Waals surface area (Å²) in [4.78, 5) is 0.677. The Balaban J connectivity index is 2.81. The molecule has 0 unspecified atom stereocenters. The topological polar surface area (TPSA) is 41.7 Å². The van der Waals surface area contributed by atoms with E-state index in [4.69, 9.17) is 0 Å². The minimum absolute atomic E-state index is 0.539. The summed E-state index contributed by atoms with van der Waals surface area (Å²) in [7, 11) is 0. The minimum Gasteiger partial charge on any atom is -0.691 e. The Hall–Kier alpha value is -1.10. The van der Waals surface area contributed by atoms with E-state index < -0.39 is 0 Å². The number of benzene rings is 1. The van der Waals surface area contributed by atoms with Crippen LogP contribution >= 0.6 is 15.9 Å². The van der Waals surface area contributed by atoms with Crippen LogP contribution in [0.4, 0.5) is 5.69 Å². The van der Waals surface area contributed by atoms with Gasteiger partial charge in [-0.25, -0.2) is 0 Å². The van der Waals surface area contributed by atoms with Crippen molar-refractivity contribution in [2.24, 2.45) is 5.22 Å². The van der Waals surface area contributed by atoms with Gasteiger partial charge in [-0.3, -0.25) is 0 Å². The zero-order valence-electron chi connectivity index (χ0n) is 10.3. The maximum absolute atomic E-state index is 11.8. The fourth-order valence-corrected chi connectivity index (χ4v) is 1.87. The highest BCUT2D eigenvalue weighted by Crippen LogP contribution is 2.18. The van der Waals surface area contributed by atoms with Gasteiger partial charge in [-0.1, -0.05) is 35.8 Å². The zero-order chi connectivity index (χ0) is 12.7. The molecule has 0 radical (unpaired) electrons. The molecule has 0 saturated carbocycles. The lowest BCUT2D eigenvalue weighted by atomic mass is 10.3. The molecule has 1 aromatic rings. The molecule has 17 heavy (non-hydrogen) atoms. The van der Waals surface area contributed by atoms with Gasteiger partial charge in [-0.2, -0.15) is 5.01 Å². The number of rotatable bonds is 6. The van der Waals surface area contributed by atoms with E-state index >= 15 is 0 Å². The van der Waals surface area contributed by atoms with E-state index in [0.717, 1.165) is 30.4 Å². The lowest BCUT2D eigenvalue weighted by Gasteiger charge is -2.13. The lowest BCUT2D eigenvalue weighted by Crippen LogP contribution is -2.21. The van der Waals surface area contributed by atoms with Crippen LogP contribution in [0.3, 0.4) is 0 Å². The van der Waals surface area contributed by atoms with E-state index in [0.29, 0.717) is 10.5 Å². The third kappa shape index (κ3) is 4.73. The number of nitrogens with zero attached hydrogens (tertiary/aromatic N) is 3. The molecule has 0 spiro atoms. The lowest BCUT2D eigenvalue weighted by molar-refractivity contribution is -0.462. The summed E-state index contributed by atoms with van der Waals surface area (Å²) in [6, 6.07) is 7.21. The normalized spacial score (nSPS) is 11.6. The van der Waals surface area contributed by atoms with Gasteiger partial charge in [0.2, 0.25) is 0 Å². The van der Waals surface area contributed by atoms with Crippen molar-refractivity contribution in [3.05, 3.63) is 33.9 Å². The Bertz CT molecular complexity index is 376. The number of hydrogen-bond acceptors (Lipinski definition) is 2. The van der Waals surface area contributed by atoms with E-state index in [1.807, 2.05) is 17.1 Å². The van der Waals surface area contributed by atoms with E-state index in [9.17, 15) is 5.21 Å². The van der Waals surface area contributed by atoms with E-state index in [2.05, 4.69) is 35.0 Å². The fourth-order valence-electron chi connectivity index (χ4n) is 1.48. The van der Waals surface area contributed by atoms with E-state index in [1.165, 1.54) is 0 Å². The summed E-state index contributed by atoms with van der Waals surface area (Å²) in [6.07, 6.45) is 1.96. The average Bonchev–Trinajstić information content (AvgIpc) is 2.29. The molecule has 0 aromatic heterocycles. The second-order valence-electron chi connectivity index (χ2n) is 3.80. The summed E-state index contributed by atoms with van der Waals surface area (Å²) < 4.78 is 0.878. The van der Waals surface area contributed by atoms with Crippen LogP contribution in [-0.2, 0) is 0 Å². The van der Waals surface area contributed by atoms with Gasteiger partial charge < -0.3 is 5.21 Å². The quantitative estimate of drug-likeness (QED) is 0.451. The van der Waals surface area contributed by atoms with Gasteiger partial charge in [0.25, 0.3) is 0 Å². The van der Waals surface area contributed by atoms with Crippen LogP contribution in [0.2, 0.25) is 0 Å². The number of halogens is 1. The molecule has 0 heterocycles. The Morgan fingerprint density at radius 1 is 1.29 bits per heavy atom. The molecule has 4 nitrogen and oxygen atoms in total. The van der Waals surface area contributed by atoms with Gasteiger partial charge in [0.1, 0.15) is 13.1 Å². The van der Waals surface area contributed by atoms with Crippen LogP contribution in [0.5, 0.6) is 0 Å². The van der Waals surface area contributed by atoms with Gasteiger partial charge >= 0.3 is 0 Å². The van der Waals surface area contributed by atoms with Crippen LogP contribution < -0.4 is 0 Å². The van der Waals surface area contributed by atoms with Crippen molar-refractivity contribution in [3.8, 4) is 0 Å². The highest BCUT2D eigenvalue weighted by atomic mass is 79.9. The molecule has 0 fully saturated rings. The molecule has 0 aliphatic carbocycles. The summed E-state index contributed by atoms with van der Waals surface area (Å²) in [5, 5.41) is 17.7. The van der Waals surface area contributed by atoms with E-state index in [1.54, 1.807) is 12.1 Å². The molecular weight excluding hydrogens is 282 g/mol. The van der Waals surface area contributed by atoms with Crippen molar-refractivity contribution in [3.63, 3.8) is 0 Å². The highest BCUT2D eigenvalue weighted by Gasteiger charge is 2.07. The maximum atomic E-state index is 11.8. The molecular formula is C12H18BrN3O. The van der Waals surface area contributed by atoms with Gasteiger partial charge in [-0.15, -0.1) is 4.86 Å². The second kappa shape index (κ2) is 7.27. The monoisotopic (exact) mass is 299 g/mol. The van der Waals surface area contributed by atoms with Crippen LogP contribution in [0.15, 0.2) is 34.0 Å². The first-order valence-electron chi connectivity index (χ1n) is 5.86. The first-order chi connectivity index (χ1) is 8.17. The maximum Gasteiger partial charge on any atom is 0.155 e. The molecule has 94 valence electrons.